The van der Waals surface area contributed by atoms with Crippen molar-refractivity contribution in [2.75, 3.05) is 0 Å². The molecule has 122 valence electrons. The van der Waals surface area contributed by atoms with Crippen molar-refractivity contribution in [2.24, 2.45) is 0 Å². The second kappa shape index (κ2) is 5.84. The van der Waals surface area contributed by atoms with Crippen LogP contribution in [0.1, 0.15) is 11.4 Å². The molecule has 0 aromatic carbocycles. The summed E-state index contributed by atoms with van der Waals surface area (Å²) in [4.78, 5) is 33.9. The highest BCUT2D eigenvalue weighted by atomic mass is 32.1. The van der Waals surface area contributed by atoms with Crippen LogP contribution in [-0.2, 0) is 17.9 Å². The Kier molecular flexibility index (Phi) is 3.66. The molecule has 0 fully saturated rings. The van der Waals surface area contributed by atoms with Crippen LogP contribution in [-0.4, -0.2) is 24.8 Å². The van der Waals surface area contributed by atoms with Gasteiger partial charge in [0.1, 0.15) is 11.2 Å². The molecule has 1 N–H and O–H groups in total. The van der Waals surface area contributed by atoms with E-state index in [9.17, 15) is 9.59 Å². The number of aromatic nitrogens is 4. The van der Waals surface area contributed by atoms with Gasteiger partial charge in [-0.25, -0.2) is 9.97 Å². The van der Waals surface area contributed by atoms with Crippen LogP contribution in [0.5, 0.6) is 0 Å². The van der Waals surface area contributed by atoms with E-state index in [1.165, 1.54) is 22.2 Å². The first-order valence-corrected chi connectivity index (χ1v) is 8.99. The Morgan fingerprint density at radius 3 is 3.08 bits per heavy atom. The molecule has 0 spiro atoms. The molecular formula is C15H13N5O2S2. The van der Waals surface area contributed by atoms with Gasteiger partial charge in [0.15, 0.2) is 4.96 Å². The highest BCUT2D eigenvalue weighted by Crippen LogP contribution is 2.15. The van der Waals surface area contributed by atoms with E-state index in [4.69, 9.17) is 0 Å². The molecule has 0 aliphatic rings. The molecule has 0 saturated heterocycles. The molecule has 9 heteroatoms. The van der Waals surface area contributed by atoms with Crippen molar-refractivity contribution < 1.29 is 4.79 Å². The second-order valence-corrected chi connectivity index (χ2v) is 7.10. The summed E-state index contributed by atoms with van der Waals surface area (Å²) in [5, 5.41) is 6.64. The number of thiophene rings is 1. The fraction of sp³-hybridized carbons (Fsp3) is 0.200. The Labute approximate surface area is 144 Å². The predicted molar refractivity (Wildman–Crippen MR) is 93.5 cm³/mol. The van der Waals surface area contributed by atoms with E-state index in [0.717, 1.165) is 16.3 Å². The van der Waals surface area contributed by atoms with E-state index in [0.29, 0.717) is 16.8 Å². The lowest BCUT2D eigenvalue weighted by molar-refractivity contribution is -0.121. The van der Waals surface area contributed by atoms with Crippen molar-refractivity contribution in [3.8, 4) is 0 Å². The zero-order valence-electron chi connectivity index (χ0n) is 12.7. The predicted octanol–water partition coefficient (Wildman–Crippen LogP) is 1.79. The minimum absolute atomic E-state index is 0.0546. The average molecular weight is 359 g/mol. The maximum Gasteiger partial charge on any atom is 0.271 e. The fourth-order valence-electron chi connectivity index (χ4n) is 2.42. The zero-order chi connectivity index (χ0) is 16.7. The molecule has 4 aromatic rings. The fourth-order valence-corrected chi connectivity index (χ4v) is 4.08. The Morgan fingerprint density at radius 1 is 1.38 bits per heavy atom. The quantitative estimate of drug-likeness (QED) is 0.602. The number of aryl methyl sites for hydroxylation is 1. The molecule has 4 heterocycles. The van der Waals surface area contributed by atoms with Gasteiger partial charge in [0.25, 0.3) is 5.56 Å². The van der Waals surface area contributed by atoms with Crippen LogP contribution in [0.15, 0.2) is 34.1 Å². The molecule has 0 saturated carbocycles. The van der Waals surface area contributed by atoms with E-state index < -0.39 is 0 Å². The highest BCUT2D eigenvalue weighted by Gasteiger charge is 2.10. The van der Waals surface area contributed by atoms with Gasteiger partial charge in [-0.15, -0.1) is 22.7 Å². The summed E-state index contributed by atoms with van der Waals surface area (Å²) >= 11 is 2.89. The Balaban J connectivity index is 1.45. The number of amides is 1. The molecule has 7 nitrogen and oxygen atoms in total. The summed E-state index contributed by atoms with van der Waals surface area (Å²) in [5.41, 5.74) is 2.37. The summed E-state index contributed by atoms with van der Waals surface area (Å²) < 4.78 is 3.88. The number of carbonyl (C=O) groups excluding carboxylic acids is 1. The van der Waals surface area contributed by atoms with Crippen LogP contribution >= 0.6 is 22.7 Å². The normalized spacial score (nSPS) is 11.4. The number of nitrogens with one attached hydrogen (secondary N) is 1. The van der Waals surface area contributed by atoms with Gasteiger partial charge >= 0.3 is 0 Å². The first-order valence-electron chi connectivity index (χ1n) is 7.23. The average Bonchev–Trinajstić information content (AvgIpc) is 3.26. The third-order valence-electron chi connectivity index (χ3n) is 3.65. The Bertz CT molecular complexity index is 1100. The summed E-state index contributed by atoms with van der Waals surface area (Å²) in [5.74, 6) is -0.247. The topological polar surface area (TPSA) is 81.3 Å². The Morgan fingerprint density at radius 2 is 2.25 bits per heavy atom. The third-order valence-corrected chi connectivity index (χ3v) is 5.50. The van der Waals surface area contributed by atoms with Crippen molar-refractivity contribution in [3.63, 3.8) is 0 Å². The zero-order valence-corrected chi connectivity index (χ0v) is 14.4. The van der Waals surface area contributed by atoms with E-state index in [1.807, 2.05) is 28.3 Å². The summed E-state index contributed by atoms with van der Waals surface area (Å²) in [7, 11) is 0. The number of fused-ring (bicyclic) bond motifs is 2. The van der Waals surface area contributed by atoms with Crippen molar-refractivity contribution in [2.45, 2.75) is 20.0 Å². The van der Waals surface area contributed by atoms with Crippen LogP contribution in [0.25, 0.3) is 15.2 Å². The van der Waals surface area contributed by atoms with E-state index in [2.05, 4.69) is 15.3 Å². The lowest BCUT2D eigenvalue weighted by atomic mass is 10.4. The third kappa shape index (κ3) is 2.61. The first-order chi connectivity index (χ1) is 11.6. The van der Waals surface area contributed by atoms with Gasteiger partial charge in [0, 0.05) is 17.3 Å². The molecule has 4 rings (SSSR count). The monoisotopic (exact) mass is 359 g/mol. The second-order valence-electron chi connectivity index (χ2n) is 5.35. The summed E-state index contributed by atoms with van der Waals surface area (Å²) in [6, 6.07) is 1.79. The van der Waals surface area contributed by atoms with Crippen LogP contribution in [0, 0.1) is 6.92 Å². The van der Waals surface area contributed by atoms with Gasteiger partial charge in [-0.05, 0) is 18.4 Å². The minimum atomic E-state index is -0.247. The van der Waals surface area contributed by atoms with Gasteiger partial charge in [-0.1, -0.05) is 0 Å². The van der Waals surface area contributed by atoms with Crippen molar-refractivity contribution in [1.82, 2.24) is 24.3 Å². The van der Waals surface area contributed by atoms with Crippen LogP contribution in [0.4, 0.5) is 0 Å². The summed E-state index contributed by atoms with van der Waals surface area (Å²) in [6.07, 6.45) is 3.32. The molecule has 0 unspecified atom stereocenters. The van der Waals surface area contributed by atoms with E-state index >= 15 is 0 Å². The molecule has 1 amide bonds. The van der Waals surface area contributed by atoms with Crippen LogP contribution in [0.2, 0.25) is 0 Å². The molecule has 0 radical (unpaired) electrons. The molecule has 0 bridgehead atoms. The maximum absolute atomic E-state index is 12.3. The number of nitrogens with zero attached hydrogens (tertiary/aromatic N) is 4. The highest BCUT2D eigenvalue weighted by molar-refractivity contribution is 7.17. The Hall–Kier alpha value is -2.52. The molecule has 0 atom stereocenters. The number of hydrogen-bond acceptors (Lipinski definition) is 6. The standard InChI is InChI=1S/C15H13N5O2S2/c1-9-7-24-15-18-10(5-20(9)15)4-16-12(21)6-19-8-17-11-2-3-23-13(11)14(19)22/h2-3,5,7-8H,4,6H2,1H3,(H,16,21). The van der Waals surface area contributed by atoms with E-state index in [-0.39, 0.29) is 18.0 Å². The van der Waals surface area contributed by atoms with Gasteiger partial charge in [0.05, 0.1) is 24.1 Å². The number of imidazole rings is 1. The van der Waals surface area contributed by atoms with Crippen LogP contribution < -0.4 is 10.9 Å². The smallest absolute Gasteiger partial charge is 0.271 e. The van der Waals surface area contributed by atoms with Crippen molar-refractivity contribution in [3.05, 3.63) is 51.1 Å². The molecule has 0 aliphatic carbocycles. The SMILES string of the molecule is Cc1csc2nc(CNC(=O)Cn3cnc4ccsc4c3=O)cn12. The van der Waals surface area contributed by atoms with Gasteiger partial charge in [0.2, 0.25) is 5.91 Å². The number of thiazole rings is 1. The van der Waals surface area contributed by atoms with Gasteiger partial charge < -0.3 is 5.32 Å². The minimum Gasteiger partial charge on any atom is -0.349 e. The lowest BCUT2D eigenvalue weighted by Crippen LogP contribution is -2.32. The lowest BCUT2D eigenvalue weighted by Gasteiger charge is -2.05. The van der Waals surface area contributed by atoms with Crippen molar-refractivity contribution >= 4 is 43.8 Å². The molecular weight excluding hydrogens is 346 g/mol. The summed E-state index contributed by atoms with van der Waals surface area (Å²) in [6.45, 7) is 2.28. The maximum atomic E-state index is 12.3. The molecule has 24 heavy (non-hydrogen) atoms. The van der Waals surface area contributed by atoms with E-state index in [1.54, 1.807) is 17.4 Å². The number of carbonyl (C=O) groups is 1. The van der Waals surface area contributed by atoms with Crippen molar-refractivity contribution in [1.29, 1.82) is 0 Å². The van der Waals surface area contributed by atoms with Gasteiger partial charge in [-0.3, -0.25) is 18.6 Å². The van der Waals surface area contributed by atoms with Gasteiger partial charge in [-0.2, -0.15) is 0 Å². The molecule has 4 aromatic heterocycles. The van der Waals surface area contributed by atoms with Crippen LogP contribution in [0.3, 0.4) is 0 Å². The number of hydrogen-bond donors (Lipinski definition) is 1. The largest absolute Gasteiger partial charge is 0.349 e. The number of rotatable bonds is 4. The first kappa shape index (κ1) is 15.0. The molecule has 0 aliphatic heterocycles.